The van der Waals surface area contributed by atoms with Crippen molar-refractivity contribution >= 4 is 34.7 Å². The Morgan fingerprint density at radius 2 is 1.64 bits per heavy atom. The van der Waals surface area contributed by atoms with Gasteiger partial charge < -0.3 is 14.8 Å². The highest BCUT2D eigenvalue weighted by molar-refractivity contribution is 14.1. The molecule has 25 heavy (non-hydrogen) atoms. The second-order valence-electron chi connectivity index (χ2n) is 8.01. The highest BCUT2D eigenvalue weighted by Crippen LogP contribution is 2.17. The van der Waals surface area contributed by atoms with Crippen molar-refractivity contribution in [1.29, 1.82) is 0 Å². The van der Waals surface area contributed by atoms with Crippen LogP contribution >= 0.6 is 22.6 Å². The molecule has 0 saturated heterocycles. The van der Waals surface area contributed by atoms with Gasteiger partial charge in [0.25, 0.3) is 0 Å². The van der Waals surface area contributed by atoms with Crippen LogP contribution in [0.1, 0.15) is 52.7 Å². The Balaban J connectivity index is 3.00. The first-order valence-corrected chi connectivity index (χ1v) is 9.32. The topological polar surface area (TPSA) is 64.6 Å². The van der Waals surface area contributed by atoms with E-state index in [1.165, 1.54) is 0 Å². The summed E-state index contributed by atoms with van der Waals surface area (Å²) in [4.78, 5) is 24.7. The summed E-state index contributed by atoms with van der Waals surface area (Å²) < 4.78 is 11.8. The van der Waals surface area contributed by atoms with Crippen LogP contribution in [-0.2, 0) is 20.7 Å². The number of hydrogen-bond acceptors (Lipinski definition) is 4. The number of benzene rings is 1. The van der Waals surface area contributed by atoms with Crippen LogP contribution in [0.15, 0.2) is 18.2 Å². The van der Waals surface area contributed by atoms with Crippen molar-refractivity contribution in [2.45, 2.75) is 72.1 Å². The summed E-state index contributed by atoms with van der Waals surface area (Å²) in [5, 5.41) is 2.65. The van der Waals surface area contributed by atoms with E-state index >= 15 is 0 Å². The number of carbonyl (C=O) groups excluding carboxylic acids is 2. The van der Waals surface area contributed by atoms with Crippen molar-refractivity contribution < 1.29 is 19.1 Å². The van der Waals surface area contributed by atoms with Gasteiger partial charge >= 0.3 is 12.1 Å². The van der Waals surface area contributed by atoms with Crippen LogP contribution in [0.4, 0.5) is 4.79 Å². The van der Waals surface area contributed by atoms with E-state index in [9.17, 15) is 9.59 Å². The van der Waals surface area contributed by atoms with Crippen LogP contribution in [-0.4, -0.2) is 29.3 Å². The second-order valence-corrected chi connectivity index (χ2v) is 9.25. The van der Waals surface area contributed by atoms with Gasteiger partial charge in [0, 0.05) is 9.99 Å². The van der Waals surface area contributed by atoms with Crippen molar-refractivity contribution in [3.05, 3.63) is 32.9 Å². The van der Waals surface area contributed by atoms with Crippen molar-refractivity contribution in [2.75, 3.05) is 0 Å². The Morgan fingerprint density at radius 1 is 1.08 bits per heavy atom. The summed E-state index contributed by atoms with van der Waals surface area (Å²) in [6, 6.07) is 5.19. The molecule has 0 spiro atoms. The summed E-state index contributed by atoms with van der Waals surface area (Å²) in [6.45, 7) is 12.7. The van der Waals surface area contributed by atoms with E-state index < -0.39 is 29.3 Å². The molecule has 0 bridgehead atoms. The number of rotatable bonds is 4. The molecule has 6 heteroatoms. The summed E-state index contributed by atoms with van der Waals surface area (Å²) in [5.74, 6) is -0.475. The number of aryl methyl sites for hydroxylation is 1. The number of alkyl carbamates (subject to hydrolysis) is 1. The minimum atomic E-state index is -0.814. The summed E-state index contributed by atoms with van der Waals surface area (Å²) >= 11 is 2.22. The van der Waals surface area contributed by atoms with Crippen molar-refractivity contribution in [3.63, 3.8) is 0 Å². The maximum atomic E-state index is 12.6. The lowest BCUT2D eigenvalue weighted by atomic mass is 10.0. The normalized spacial score (nSPS) is 13.1. The number of halogens is 1. The molecule has 0 unspecified atom stereocenters. The smallest absolute Gasteiger partial charge is 0.408 e. The van der Waals surface area contributed by atoms with Crippen LogP contribution < -0.4 is 5.32 Å². The van der Waals surface area contributed by atoms with Gasteiger partial charge in [-0.1, -0.05) is 6.07 Å². The molecular weight excluding hydrogens is 433 g/mol. The average Bonchev–Trinajstić information content (AvgIpc) is 2.38. The summed E-state index contributed by atoms with van der Waals surface area (Å²) in [5.41, 5.74) is 0.768. The molecule has 1 amide bonds. The average molecular weight is 461 g/mol. The molecule has 140 valence electrons. The Kier molecular flexibility index (Phi) is 7.28. The quantitative estimate of drug-likeness (QED) is 0.534. The molecule has 0 aliphatic heterocycles. The fraction of sp³-hybridized carbons (Fsp3) is 0.579. The van der Waals surface area contributed by atoms with Crippen LogP contribution in [0, 0.1) is 10.5 Å². The molecule has 1 aromatic rings. The first-order chi connectivity index (χ1) is 11.3. The van der Waals surface area contributed by atoms with Gasteiger partial charge in [0.05, 0.1) is 0 Å². The molecule has 5 nitrogen and oxygen atoms in total. The molecule has 0 aliphatic carbocycles. The van der Waals surface area contributed by atoms with Crippen LogP contribution in [0.2, 0.25) is 0 Å². The fourth-order valence-electron chi connectivity index (χ4n) is 2.10. The van der Waals surface area contributed by atoms with E-state index in [2.05, 4.69) is 27.9 Å². The van der Waals surface area contributed by atoms with Crippen molar-refractivity contribution in [3.8, 4) is 0 Å². The molecule has 0 aromatic heterocycles. The number of amides is 1. The maximum Gasteiger partial charge on any atom is 0.408 e. The first-order valence-electron chi connectivity index (χ1n) is 8.24. The lowest BCUT2D eigenvalue weighted by Crippen LogP contribution is -2.47. The third-order valence-electron chi connectivity index (χ3n) is 3.12. The van der Waals surface area contributed by atoms with E-state index in [4.69, 9.17) is 9.47 Å². The van der Waals surface area contributed by atoms with Crippen molar-refractivity contribution in [2.24, 2.45) is 0 Å². The molecule has 0 aliphatic rings. The largest absolute Gasteiger partial charge is 0.458 e. The lowest BCUT2D eigenvalue weighted by Gasteiger charge is -2.26. The van der Waals surface area contributed by atoms with E-state index in [0.717, 1.165) is 14.7 Å². The number of carbonyl (C=O) groups is 2. The van der Waals surface area contributed by atoms with E-state index in [1.807, 2.05) is 25.1 Å². The Hall–Kier alpha value is -1.31. The molecule has 1 atom stereocenters. The predicted octanol–water partition coefficient (Wildman–Crippen LogP) is 4.38. The second kappa shape index (κ2) is 8.38. The molecule has 1 N–H and O–H groups in total. The zero-order valence-electron chi connectivity index (χ0n) is 16.0. The van der Waals surface area contributed by atoms with Crippen LogP contribution in [0.5, 0.6) is 0 Å². The Bertz CT molecular complexity index is 629. The summed E-state index contributed by atoms with van der Waals surface area (Å²) in [6.07, 6.45) is -0.289. The monoisotopic (exact) mass is 461 g/mol. The highest BCUT2D eigenvalue weighted by atomic mass is 127. The SMILES string of the molecule is Cc1ccc(I)cc1C[C@H](NC(=O)OC(C)(C)C)C(=O)OC(C)(C)C. The maximum absolute atomic E-state index is 12.6. The zero-order valence-corrected chi connectivity index (χ0v) is 18.2. The molecular formula is C19H28INO4. The van der Waals surface area contributed by atoms with Gasteiger partial charge in [-0.15, -0.1) is 0 Å². The number of hydrogen-bond donors (Lipinski definition) is 1. The fourth-order valence-corrected chi connectivity index (χ4v) is 2.65. The van der Waals surface area contributed by atoms with Gasteiger partial charge in [-0.05, 0) is 94.3 Å². The van der Waals surface area contributed by atoms with Crippen LogP contribution in [0.3, 0.4) is 0 Å². The van der Waals surface area contributed by atoms with E-state index in [0.29, 0.717) is 6.42 Å². The van der Waals surface area contributed by atoms with Crippen molar-refractivity contribution in [1.82, 2.24) is 5.32 Å². The Morgan fingerprint density at radius 3 is 2.16 bits per heavy atom. The number of esters is 1. The highest BCUT2D eigenvalue weighted by Gasteiger charge is 2.29. The standard InChI is InChI=1S/C19H28INO4/c1-12-8-9-14(20)10-13(12)11-15(16(22)24-18(2,3)4)21-17(23)25-19(5,6)7/h8-10,15H,11H2,1-7H3,(H,21,23)/t15-/m0/s1. The van der Waals surface area contributed by atoms with Gasteiger partial charge in [0.1, 0.15) is 17.2 Å². The third-order valence-corrected chi connectivity index (χ3v) is 3.79. The molecule has 0 radical (unpaired) electrons. The third kappa shape index (κ3) is 8.56. The van der Waals surface area contributed by atoms with Crippen LogP contribution in [0.25, 0.3) is 0 Å². The number of ether oxygens (including phenoxy) is 2. The predicted molar refractivity (Wildman–Crippen MR) is 107 cm³/mol. The van der Waals surface area contributed by atoms with E-state index in [-0.39, 0.29) is 0 Å². The number of nitrogens with one attached hydrogen (secondary N) is 1. The molecule has 0 saturated carbocycles. The minimum absolute atomic E-state index is 0.344. The lowest BCUT2D eigenvalue weighted by molar-refractivity contribution is -0.157. The minimum Gasteiger partial charge on any atom is -0.458 e. The molecule has 0 fully saturated rings. The molecule has 1 aromatic carbocycles. The zero-order chi connectivity index (χ0) is 19.4. The molecule has 1 rings (SSSR count). The first kappa shape index (κ1) is 21.7. The van der Waals surface area contributed by atoms with E-state index in [1.54, 1.807) is 41.5 Å². The Labute approximate surface area is 164 Å². The van der Waals surface area contributed by atoms with Gasteiger partial charge in [0.2, 0.25) is 0 Å². The van der Waals surface area contributed by atoms with Gasteiger partial charge in [-0.3, -0.25) is 0 Å². The van der Waals surface area contributed by atoms with Gasteiger partial charge in [0.15, 0.2) is 0 Å². The molecule has 0 heterocycles. The summed E-state index contributed by atoms with van der Waals surface area (Å²) in [7, 11) is 0. The van der Waals surface area contributed by atoms with Gasteiger partial charge in [-0.2, -0.15) is 0 Å². The van der Waals surface area contributed by atoms with Gasteiger partial charge in [-0.25, -0.2) is 9.59 Å².